The van der Waals surface area contributed by atoms with Gasteiger partial charge in [-0.05, 0) is 77.7 Å². The first-order valence-electron chi connectivity index (χ1n) is 19.7. The summed E-state index contributed by atoms with van der Waals surface area (Å²) in [5.74, 6) is 0.699. The number of rotatable bonds is 6. The Balaban J connectivity index is 0.908. The van der Waals surface area contributed by atoms with Crippen molar-refractivity contribution in [3.8, 4) is 67.3 Å². The second-order valence-corrected chi connectivity index (χ2v) is 14.8. The molecule has 2 heterocycles. The highest BCUT2D eigenvalue weighted by atomic mass is 14.9. The lowest BCUT2D eigenvalue weighted by Crippen LogP contribution is -1.96. The van der Waals surface area contributed by atoms with Crippen LogP contribution in [0.5, 0.6) is 0 Å². The van der Waals surface area contributed by atoms with E-state index in [9.17, 15) is 0 Å². The summed E-state index contributed by atoms with van der Waals surface area (Å²) in [6.07, 6.45) is 3.86. The van der Waals surface area contributed by atoms with Crippen LogP contribution in [0.3, 0.4) is 0 Å². The largest absolute Gasteiger partial charge is 0.263 e. The average Bonchev–Trinajstić information content (AvgIpc) is 3.31. The van der Waals surface area contributed by atoms with Gasteiger partial charge in [-0.2, -0.15) is 0 Å². The van der Waals surface area contributed by atoms with Gasteiger partial charge in [0.15, 0.2) is 5.82 Å². The van der Waals surface area contributed by atoms with E-state index in [4.69, 9.17) is 9.97 Å². The molecule has 0 atom stereocenters. The van der Waals surface area contributed by atoms with Gasteiger partial charge in [0.25, 0.3) is 0 Å². The average molecular weight is 738 g/mol. The smallest absolute Gasteiger partial charge is 0.160 e. The van der Waals surface area contributed by atoms with Crippen LogP contribution in [0.2, 0.25) is 0 Å². The molecule has 0 saturated carbocycles. The standard InChI is InChI=1S/C55H35N3/c1-2-10-42(11-3-1)55-57-53(33-54(58-55)41-28-24-39(25-29-41)52-35-56-34-44-12-4-5-13-45(44)52)40-26-22-37(23-27-40)36-18-20-38(21-19-36)43-30-31-50-48-16-7-6-14-46(48)47-15-8-9-17-49(47)51(50)32-43/h1-35H. The molecule has 0 amide bonds. The second kappa shape index (κ2) is 14.1. The minimum Gasteiger partial charge on any atom is -0.263 e. The Kier molecular flexibility index (Phi) is 8.15. The number of hydrogen-bond donors (Lipinski definition) is 0. The lowest BCUT2D eigenvalue weighted by molar-refractivity contribution is 1.18. The van der Waals surface area contributed by atoms with Gasteiger partial charge in [0, 0.05) is 40.0 Å². The Hall–Kier alpha value is -7.75. The van der Waals surface area contributed by atoms with E-state index in [2.05, 4.69) is 181 Å². The number of fused-ring (bicyclic) bond motifs is 7. The molecule has 3 heteroatoms. The number of pyridine rings is 1. The molecule has 0 aliphatic rings. The third-order valence-electron chi connectivity index (χ3n) is 11.4. The van der Waals surface area contributed by atoms with E-state index in [0.717, 1.165) is 50.2 Å². The quantitative estimate of drug-likeness (QED) is 0.160. The Labute approximate surface area is 336 Å². The first-order valence-corrected chi connectivity index (χ1v) is 19.7. The molecule has 2 aromatic heterocycles. The summed E-state index contributed by atoms with van der Waals surface area (Å²) in [7, 11) is 0. The van der Waals surface area contributed by atoms with Gasteiger partial charge in [-0.25, -0.2) is 9.97 Å². The van der Waals surface area contributed by atoms with Gasteiger partial charge in [-0.3, -0.25) is 4.98 Å². The highest BCUT2D eigenvalue weighted by molar-refractivity contribution is 6.25. The third kappa shape index (κ3) is 5.98. The molecule has 11 aromatic rings. The fourth-order valence-corrected chi connectivity index (χ4v) is 8.40. The van der Waals surface area contributed by atoms with Crippen LogP contribution < -0.4 is 0 Å². The SMILES string of the molecule is c1ccc(-c2nc(-c3ccc(-c4ccc(-c5ccc6c7ccccc7c7ccccc7c6c5)cc4)cc3)cc(-c3ccc(-c4cncc5ccccc45)cc3)n2)cc1. The highest BCUT2D eigenvalue weighted by Crippen LogP contribution is 2.38. The van der Waals surface area contributed by atoms with Crippen molar-refractivity contribution in [1.82, 2.24) is 15.0 Å². The topological polar surface area (TPSA) is 38.7 Å². The lowest BCUT2D eigenvalue weighted by atomic mass is 9.92. The first-order chi connectivity index (χ1) is 28.7. The number of hydrogen-bond acceptors (Lipinski definition) is 3. The van der Waals surface area contributed by atoms with Gasteiger partial charge < -0.3 is 0 Å². The first kappa shape index (κ1) is 33.6. The van der Waals surface area contributed by atoms with Gasteiger partial charge >= 0.3 is 0 Å². The maximum absolute atomic E-state index is 5.08. The number of aromatic nitrogens is 3. The van der Waals surface area contributed by atoms with Crippen LogP contribution in [-0.4, -0.2) is 15.0 Å². The fraction of sp³-hybridized carbons (Fsp3) is 0. The van der Waals surface area contributed by atoms with Crippen molar-refractivity contribution in [2.45, 2.75) is 0 Å². The Bertz CT molecular complexity index is 3260. The number of nitrogens with zero attached hydrogens (tertiary/aromatic N) is 3. The van der Waals surface area contributed by atoms with Crippen molar-refractivity contribution in [3.05, 3.63) is 213 Å². The van der Waals surface area contributed by atoms with Crippen molar-refractivity contribution in [2.24, 2.45) is 0 Å². The van der Waals surface area contributed by atoms with Crippen LogP contribution in [0.1, 0.15) is 0 Å². The van der Waals surface area contributed by atoms with Gasteiger partial charge in [-0.15, -0.1) is 0 Å². The van der Waals surface area contributed by atoms with Gasteiger partial charge in [0.1, 0.15) is 0 Å². The minimum atomic E-state index is 0.699. The van der Waals surface area contributed by atoms with Gasteiger partial charge in [0.05, 0.1) is 11.4 Å². The predicted octanol–water partition coefficient (Wildman–Crippen LogP) is 14.5. The van der Waals surface area contributed by atoms with E-state index in [1.165, 1.54) is 54.4 Å². The Morgan fingerprint density at radius 1 is 0.259 bits per heavy atom. The fourth-order valence-electron chi connectivity index (χ4n) is 8.40. The third-order valence-corrected chi connectivity index (χ3v) is 11.4. The van der Waals surface area contributed by atoms with E-state index in [-0.39, 0.29) is 0 Å². The van der Waals surface area contributed by atoms with E-state index in [0.29, 0.717) is 5.82 Å². The molecule has 0 aliphatic carbocycles. The summed E-state index contributed by atoms with van der Waals surface area (Å²) in [5, 5.41) is 10.1. The van der Waals surface area contributed by atoms with Crippen LogP contribution >= 0.6 is 0 Å². The zero-order valence-electron chi connectivity index (χ0n) is 31.5. The molecule has 0 N–H and O–H groups in total. The summed E-state index contributed by atoms with van der Waals surface area (Å²) in [6, 6.07) is 71.3. The van der Waals surface area contributed by atoms with E-state index in [1.807, 2.05) is 36.7 Å². The lowest BCUT2D eigenvalue weighted by Gasteiger charge is -2.12. The zero-order valence-corrected chi connectivity index (χ0v) is 31.5. The molecule has 0 radical (unpaired) electrons. The molecule has 0 spiro atoms. The monoisotopic (exact) mass is 737 g/mol. The van der Waals surface area contributed by atoms with E-state index in [1.54, 1.807) is 0 Å². The summed E-state index contributed by atoms with van der Waals surface area (Å²) in [4.78, 5) is 14.7. The van der Waals surface area contributed by atoms with E-state index < -0.39 is 0 Å². The summed E-state index contributed by atoms with van der Waals surface area (Å²) < 4.78 is 0. The van der Waals surface area contributed by atoms with Crippen molar-refractivity contribution < 1.29 is 0 Å². The normalized spacial score (nSPS) is 11.4. The molecular weight excluding hydrogens is 703 g/mol. The Morgan fingerprint density at radius 3 is 1.28 bits per heavy atom. The minimum absolute atomic E-state index is 0.699. The van der Waals surface area contributed by atoms with Crippen LogP contribution in [0.25, 0.3) is 110 Å². The zero-order chi connectivity index (χ0) is 38.4. The molecule has 0 unspecified atom stereocenters. The molecule has 3 nitrogen and oxygen atoms in total. The molecule has 58 heavy (non-hydrogen) atoms. The molecule has 0 fully saturated rings. The molecule has 0 aliphatic heterocycles. The van der Waals surface area contributed by atoms with Crippen molar-refractivity contribution in [2.75, 3.05) is 0 Å². The molecule has 270 valence electrons. The van der Waals surface area contributed by atoms with Gasteiger partial charge in [-0.1, -0.05) is 188 Å². The van der Waals surface area contributed by atoms with Crippen molar-refractivity contribution in [3.63, 3.8) is 0 Å². The maximum atomic E-state index is 5.08. The van der Waals surface area contributed by atoms with Crippen molar-refractivity contribution in [1.29, 1.82) is 0 Å². The van der Waals surface area contributed by atoms with Crippen LogP contribution in [0, 0.1) is 0 Å². The summed E-state index contributed by atoms with van der Waals surface area (Å²) >= 11 is 0. The highest BCUT2D eigenvalue weighted by Gasteiger charge is 2.13. The molecule has 0 saturated heterocycles. The van der Waals surface area contributed by atoms with E-state index >= 15 is 0 Å². The second-order valence-electron chi connectivity index (χ2n) is 14.8. The van der Waals surface area contributed by atoms with Crippen LogP contribution in [0.15, 0.2) is 213 Å². The predicted molar refractivity (Wildman–Crippen MR) is 242 cm³/mol. The van der Waals surface area contributed by atoms with Crippen LogP contribution in [-0.2, 0) is 0 Å². The number of benzene rings is 9. The molecule has 11 rings (SSSR count). The Morgan fingerprint density at radius 2 is 0.690 bits per heavy atom. The maximum Gasteiger partial charge on any atom is 0.160 e. The molecule has 9 aromatic carbocycles. The van der Waals surface area contributed by atoms with Crippen LogP contribution in [0.4, 0.5) is 0 Å². The summed E-state index contributed by atoms with van der Waals surface area (Å²) in [6.45, 7) is 0. The molecular formula is C55H35N3. The van der Waals surface area contributed by atoms with Crippen molar-refractivity contribution >= 4 is 43.1 Å². The molecule has 0 bridgehead atoms. The van der Waals surface area contributed by atoms with Gasteiger partial charge in [0.2, 0.25) is 0 Å². The summed E-state index contributed by atoms with van der Waals surface area (Å²) in [5.41, 5.74) is 11.8.